The number of aliphatic imine (C=N–C) groups is 1. The highest BCUT2D eigenvalue weighted by Gasteiger charge is 2.18. The minimum Gasteiger partial charge on any atom is -0.441 e. The predicted octanol–water partition coefficient (Wildman–Crippen LogP) is 4.47. The van der Waals surface area contributed by atoms with Gasteiger partial charge in [0.2, 0.25) is 5.91 Å². The Morgan fingerprint density at radius 2 is 1.91 bits per heavy atom. The summed E-state index contributed by atoms with van der Waals surface area (Å²) in [5.41, 5.74) is 2.49. The average molecular weight is 481 g/mol. The molecule has 0 fully saturated rings. The number of anilines is 1. The van der Waals surface area contributed by atoms with Crippen molar-refractivity contribution in [1.82, 2.24) is 9.71 Å². The number of oxazole rings is 1. The van der Waals surface area contributed by atoms with E-state index in [0.717, 1.165) is 30.4 Å². The first-order chi connectivity index (χ1) is 16.4. The maximum Gasteiger partial charge on any atom is 0.262 e. The maximum atomic E-state index is 12.8. The second-order valence-electron chi connectivity index (χ2n) is 8.30. The topological polar surface area (TPSA) is 114 Å². The van der Waals surface area contributed by atoms with Crippen molar-refractivity contribution in [3.05, 3.63) is 66.2 Å². The zero-order chi connectivity index (χ0) is 24.0. The van der Waals surface area contributed by atoms with E-state index in [9.17, 15) is 13.2 Å². The van der Waals surface area contributed by atoms with Crippen LogP contribution in [0, 0.1) is 6.92 Å². The SMILES string of the molecule is Cc1ccc(-c2cnc(CCC(=O)Nc3cccc(S(=O)(=O)NC4=NCCCCC4)c3)o2)cc1. The average Bonchev–Trinajstić information content (AvgIpc) is 3.15. The quantitative estimate of drug-likeness (QED) is 0.518. The molecule has 8 nitrogen and oxygen atoms in total. The molecule has 1 aromatic heterocycles. The molecule has 2 heterocycles. The lowest BCUT2D eigenvalue weighted by Crippen LogP contribution is -2.30. The van der Waals surface area contributed by atoms with Crippen LogP contribution in [-0.2, 0) is 21.2 Å². The molecule has 9 heteroatoms. The second kappa shape index (κ2) is 10.6. The zero-order valence-electron chi connectivity index (χ0n) is 19.1. The molecule has 0 atom stereocenters. The number of amides is 1. The van der Waals surface area contributed by atoms with E-state index >= 15 is 0 Å². The molecular weight excluding hydrogens is 452 g/mol. The standard InChI is InChI=1S/C25H28N4O4S/c1-18-9-11-19(12-10-18)22-17-27-25(33-22)14-13-24(30)28-20-6-5-7-21(16-20)34(31,32)29-23-8-3-2-4-15-26-23/h5-7,9-12,16-17H,2-4,8,13-15H2,1H3,(H,26,29)(H,28,30). The Bertz CT molecular complexity index is 1280. The summed E-state index contributed by atoms with van der Waals surface area (Å²) in [5, 5.41) is 2.75. The Morgan fingerprint density at radius 3 is 2.74 bits per heavy atom. The monoisotopic (exact) mass is 480 g/mol. The summed E-state index contributed by atoms with van der Waals surface area (Å²) in [7, 11) is -3.77. The lowest BCUT2D eigenvalue weighted by Gasteiger charge is -2.11. The molecule has 1 amide bonds. The van der Waals surface area contributed by atoms with E-state index in [0.29, 0.717) is 42.6 Å². The van der Waals surface area contributed by atoms with Crippen molar-refractivity contribution in [2.24, 2.45) is 4.99 Å². The van der Waals surface area contributed by atoms with E-state index in [1.165, 1.54) is 12.1 Å². The molecule has 0 unspecified atom stereocenters. The Balaban J connectivity index is 1.34. The van der Waals surface area contributed by atoms with E-state index < -0.39 is 10.0 Å². The van der Waals surface area contributed by atoms with Crippen LogP contribution in [0.3, 0.4) is 0 Å². The maximum absolute atomic E-state index is 12.8. The summed E-state index contributed by atoms with van der Waals surface area (Å²) in [6.07, 6.45) is 5.66. The summed E-state index contributed by atoms with van der Waals surface area (Å²) in [6, 6.07) is 14.1. The number of hydrogen-bond acceptors (Lipinski definition) is 6. The molecule has 0 spiro atoms. The van der Waals surface area contributed by atoms with E-state index in [1.807, 2.05) is 31.2 Å². The molecule has 0 aliphatic carbocycles. The van der Waals surface area contributed by atoms with Crippen LogP contribution in [0.2, 0.25) is 0 Å². The number of amidine groups is 1. The minimum atomic E-state index is -3.77. The molecule has 2 aromatic carbocycles. The number of aryl methyl sites for hydroxylation is 2. The van der Waals surface area contributed by atoms with Crippen molar-refractivity contribution in [2.75, 3.05) is 11.9 Å². The van der Waals surface area contributed by atoms with Gasteiger partial charge in [-0.1, -0.05) is 42.3 Å². The lowest BCUT2D eigenvalue weighted by atomic mass is 10.1. The van der Waals surface area contributed by atoms with Gasteiger partial charge in [0.15, 0.2) is 11.7 Å². The van der Waals surface area contributed by atoms with E-state index in [2.05, 4.69) is 20.0 Å². The summed E-state index contributed by atoms with van der Waals surface area (Å²) in [6.45, 7) is 2.65. The van der Waals surface area contributed by atoms with Gasteiger partial charge in [-0.25, -0.2) is 13.4 Å². The van der Waals surface area contributed by atoms with Gasteiger partial charge in [-0.15, -0.1) is 0 Å². The van der Waals surface area contributed by atoms with Crippen LogP contribution in [0.5, 0.6) is 0 Å². The third-order valence-corrected chi connectivity index (χ3v) is 6.89. The summed E-state index contributed by atoms with van der Waals surface area (Å²) >= 11 is 0. The third kappa shape index (κ3) is 6.32. The van der Waals surface area contributed by atoms with Crippen molar-refractivity contribution in [1.29, 1.82) is 0 Å². The van der Waals surface area contributed by atoms with E-state index in [1.54, 1.807) is 18.3 Å². The molecular formula is C25H28N4O4S. The van der Waals surface area contributed by atoms with Crippen molar-refractivity contribution < 1.29 is 17.6 Å². The highest BCUT2D eigenvalue weighted by atomic mass is 32.2. The molecule has 178 valence electrons. The van der Waals surface area contributed by atoms with Gasteiger partial charge in [-0.2, -0.15) is 0 Å². The van der Waals surface area contributed by atoms with Crippen LogP contribution in [-0.4, -0.2) is 31.7 Å². The van der Waals surface area contributed by atoms with Crippen LogP contribution in [0.1, 0.15) is 43.6 Å². The molecule has 1 aliphatic heterocycles. The Kier molecular flexibility index (Phi) is 7.42. The number of rotatable bonds is 7. The number of aromatic nitrogens is 1. The third-order valence-electron chi connectivity index (χ3n) is 5.51. The number of benzene rings is 2. The van der Waals surface area contributed by atoms with Crippen molar-refractivity contribution >= 4 is 27.5 Å². The van der Waals surface area contributed by atoms with Crippen molar-refractivity contribution in [3.63, 3.8) is 0 Å². The van der Waals surface area contributed by atoms with Crippen LogP contribution < -0.4 is 10.0 Å². The van der Waals surface area contributed by atoms with Crippen LogP contribution in [0.15, 0.2) is 69.0 Å². The van der Waals surface area contributed by atoms with Gasteiger partial charge in [0.25, 0.3) is 10.0 Å². The van der Waals surface area contributed by atoms with Gasteiger partial charge < -0.3 is 9.73 Å². The second-order valence-corrected chi connectivity index (χ2v) is 9.99. The molecule has 2 N–H and O–H groups in total. The van der Waals surface area contributed by atoms with Gasteiger partial charge in [0.1, 0.15) is 5.84 Å². The summed E-state index contributed by atoms with van der Waals surface area (Å²) < 4.78 is 33.9. The summed E-state index contributed by atoms with van der Waals surface area (Å²) in [4.78, 5) is 21.1. The molecule has 0 saturated heterocycles. The Morgan fingerprint density at radius 1 is 1.09 bits per heavy atom. The first-order valence-electron chi connectivity index (χ1n) is 11.4. The fourth-order valence-electron chi connectivity index (χ4n) is 3.63. The number of nitrogens with zero attached hydrogens (tertiary/aromatic N) is 2. The molecule has 34 heavy (non-hydrogen) atoms. The van der Waals surface area contributed by atoms with Crippen LogP contribution in [0.4, 0.5) is 5.69 Å². The largest absolute Gasteiger partial charge is 0.441 e. The fraction of sp³-hybridized carbons (Fsp3) is 0.320. The smallest absolute Gasteiger partial charge is 0.262 e. The highest BCUT2D eigenvalue weighted by molar-refractivity contribution is 7.90. The zero-order valence-corrected chi connectivity index (χ0v) is 19.9. The molecule has 4 rings (SSSR count). The number of hydrogen-bond donors (Lipinski definition) is 2. The van der Waals surface area contributed by atoms with Crippen molar-refractivity contribution in [2.45, 2.75) is 50.3 Å². The number of carbonyl (C=O) groups is 1. The van der Waals surface area contributed by atoms with E-state index in [4.69, 9.17) is 4.42 Å². The number of sulfonamides is 1. The first-order valence-corrected chi connectivity index (χ1v) is 12.9. The van der Waals surface area contributed by atoms with Gasteiger partial charge in [-0.3, -0.25) is 14.5 Å². The van der Waals surface area contributed by atoms with Gasteiger partial charge in [-0.05, 0) is 38.0 Å². The summed E-state index contributed by atoms with van der Waals surface area (Å²) in [5.74, 6) is 1.35. The van der Waals surface area contributed by atoms with Crippen LogP contribution >= 0.6 is 0 Å². The van der Waals surface area contributed by atoms with Crippen LogP contribution in [0.25, 0.3) is 11.3 Å². The lowest BCUT2D eigenvalue weighted by molar-refractivity contribution is -0.116. The fourth-order valence-corrected chi connectivity index (χ4v) is 4.77. The molecule has 3 aromatic rings. The van der Waals surface area contributed by atoms with Gasteiger partial charge in [0, 0.05) is 37.1 Å². The predicted molar refractivity (Wildman–Crippen MR) is 131 cm³/mol. The molecule has 1 aliphatic rings. The van der Waals surface area contributed by atoms with E-state index in [-0.39, 0.29) is 17.2 Å². The molecule has 0 radical (unpaired) electrons. The first kappa shape index (κ1) is 23.7. The molecule has 0 bridgehead atoms. The number of nitrogens with one attached hydrogen (secondary N) is 2. The van der Waals surface area contributed by atoms with Gasteiger partial charge in [0.05, 0.1) is 11.1 Å². The highest BCUT2D eigenvalue weighted by Crippen LogP contribution is 2.22. The minimum absolute atomic E-state index is 0.0766. The number of carbonyl (C=O) groups excluding carboxylic acids is 1. The van der Waals surface area contributed by atoms with Gasteiger partial charge >= 0.3 is 0 Å². The Labute approximate surface area is 199 Å². The van der Waals surface area contributed by atoms with Crippen molar-refractivity contribution in [3.8, 4) is 11.3 Å². The molecule has 0 saturated carbocycles. The normalized spacial score (nSPS) is 14.2. The Hall–Kier alpha value is -3.46.